The van der Waals surface area contributed by atoms with Gasteiger partial charge in [0.1, 0.15) is 11.8 Å². The highest BCUT2D eigenvalue weighted by Gasteiger charge is 2.23. The summed E-state index contributed by atoms with van der Waals surface area (Å²) in [7, 11) is 0. The number of nitro groups is 1. The molecule has 0 spiro atoms. The van der Waals surface area contributed by atoms with Crippen LogP contribution in [0.2, 0.25) is 0 Å². The SMILES string of the molecule is N#Cc1ccc([N+](=O)[O-])c(C(F)F)n1. The third-order valence-corrected chi connectivity index (χ3v) is 1.42. The second kappa shape index (κ2) is 3.74. The molecule has 14 heavy (non-hydrogen) atoms. The quantitative estimate of drug-likeness (QED) is 0.537. The van der Waals surface area contributed by atoms with Crippen molar-refractivity contribution in [2.75, 3.05) is 0 Å². The van der Waals surface area contributed by atoms with Crippen LogP contribution in [0.5, 0.6) is 0 Å². The Bertz CT molecular complexity index is 414. The highest BCUT2D eigenvalue weighted by atomic mass is 19.3. The molecule has 0 fully saturated rings. The molecule has 0 aliphatic carbocycles. The van der Waals surface area contributed by atoms with Crippen molar-refractivity contribution in [3.05, 3.63) is 33.6 Å². The van der Waals surface area contributed by atoms with Gasteiger partial charge >= 0.3 is 0 Å². The summed E-state index contributed by atoms with van der Waals surface area (Å²) in [6.45, 7) is 0. The summed E-state index contributed by atoms with van der Waals surface area (Å²) in [6.07, 6.45) is -3.07. The second-order valence-corrected chi connectivity index (χ2v) is 2.27. The summed E-state index contributed by atoms with van der Waals surface area (Å²) in [4.78, 5) is 12.5. The molecule has 0 amide bonds. The van der Waals surface area contributed by atoms with Gasteiger partial charge < -0.3 is 0 Å². The van der Waals surface area contributed by atoms with Gasteiger partial charge in [0.2, 0.25) is 0 Å². The molecule has 0 aliphatic rings. The lowest BCUT2D eigenvalue weighted by Gasteiger charge is -1.99. The zero-order valence-electron chi connectivity index (χ0n) is 6.65. The van der Waals surface area contributed by atoms with Crippen molar-refractivity contribution in [3.63, 3.8) is 0 Å². The van der Waals surface area contributed by atoms with Crippen LogP contribution < -0.4 is 0 Å². The van der Waals surface area contributed by atoms with Gasteiger partial charge in [0.25, 0.3) is 12.1 Å². The zero-order chi connectivity index (χ0) is 10.7. The van der Waals surface area contributed by atoms with E-state index in [-0.39, 0.29) is 5.69 Å². The maximum atomic E-state index is 12.2. The van der Waals surface area contributed by atoms with Gasteiger partial charge in [-0.25, -0.2) is 13.8 Å². The largest absolute Gasteiger partial charge is 0.296 e. The Labute approximate surface area is 76.8 Å². The first-order chi connectivity index (χ1) is 6.56. The lowest BCUT2D eigenvalue weighted by atomic mass is 10.2. The molecule has 1 rings (SSSR count). The fourth-order valence-electron chi connectivity index (χ4n) is 0.845. The van der Waals surface area contributed by atoms with E-state index < -0.39 is 22.7 Å². The number of nitrogens with zero attached hydrogens (tertiary/aromatic N) is 3. The van der Waals surface area contributed by atoms with E-state index >= 15 is 0 Å². The fourth-order valence-corrected chi connectivity index (χ4v) is 0.845. The van der Waals surface area contributed by atoms with Gasteiger partial charge in [-0.3, -0.25) is 10.1 Å². The minimum absolute atomic E-state index is 0.272. The van der Waals surface area contributed by atoms with Crippen LogP contribution in [0, 0.1) is 21.4 Å². The summed E-state index contributed by atoms with van der Waals surface area (Å²) in [5.74, 6) is 0. The van der Waals surface area contributed by atoms with Crippen LogP contribution in [0.1, 0.15) is 17.8 Å². The fraction of sp³-hybridized carbons (Fsp3) is 0.143. The van der Waals surface area contributed by atoms with Crippen molar-refractivity contribution in [1.29, 1.82) is 5.26 Å². The summed E-state index contributed by atoms with van der Waals surface area (Å²) < 4.78 is 24.5. The van der Waals surface area contributed by atoms with E-state index in [2.05, 4.69) is 4.98 Å². The normalized spacial score (nSPS) is 9.86. The Morgan fingerprint density at radius 2 is 2.21 bits per heavy atom. The van der Waals surface area contributed by atoms with Crippen LogP contribution in [0.4, 0.5) is 14.5 Å². The van der Waals surface area contributed by atoms with Gasteiger partial charge in [0.15, 0.2) is 5.69 Å². The van der Waals surface area contributed by atoms with Crippen LogP contribution >= 0.6 is 0 Å². The van der Waals surface area contributed by atoms with Crippen LogP contribution in [0.3, 0.4) is 0 Å². The molecule has 0 bridgehead atoms. The molecule has 72 valence electrons. The Hall–Kier alpha value is -2.10. The smallest absolute Gasteiger partial charge is 0.258 e. The number of nitriles is 1. The molecule has 0 aromatic carbocycles. The van der Waals surface area contributed by atoms with E-state index in [1.807, 2.05) is 0 Å². The van der Waals surface area contributed by atoms with E-state index in [9.17, 15) is 18.9 Å². The monoisotopic (exact) mass is 199 g/mol. The van der Waals surface area contributed by atoms with Gasteiger partial charge in [-0.05, 0) is 6.07 Å². The maximum Gasteiger partial charge on any atom is 0.296 e. The predicted octanol–water partition coefficient (Wildman–Crippen LogP) is 1.80. The van der Waals surface area contributed by atoms with E-state index in [1.165, 1.54) is 6.07 Å². The van der Waals surface area contributed by atoms with Gasteiger partial charge in [0.05, 0.1) is 4.92 Å². The number of halogens is 2. The first-order valence-corrected chi connectivity index (χ1v) is 3.40. The number of pyridine rings is 1. The molecule has 0 saturated heterocycles. The minimum atomic E-state index is -3.07. The van der Waals surface area contributed by atoms with Crippen molar-refractivity contribution in [1.82, 2.24) is 4.98 Å². The first-order valence-electron chi connectivity index (χ1n) is 3.40. The third-order valence-electron chi connectivity index (χ3n) is 1.42. The number of hydrogen-bond donors (Lipinski definition) is 0. The van der Waals surface area contributed by atoms with Crippen LogP contribution in [-0.2, 0) is 0 Å². The Kier molecular flexibility index (Phi) is 2.67. The molecule has 1 aromatic heterocycles. The van der Waals surface area contributed by atoms with Crippen molar-refractivity contribution in [2.24, 2.45) is 0 Å². The van der Waals surface area contributed by atoms with Crippen molar-refractivity contribution < 1.29 is 13.7 Å². The van der Waals surface area contributed by atoms with Crippen LogP contribution in [-0.4, -0.2) is 9.91 Å². The van der Waals surface area contributed by atoms with E-state index in [4.69, 9.17) is 5.26 Å². The molecule has 0 N–H and O–H groups in total. The Morgan fingerprint density at radius 3 is 2.64 bits per heavy atom. The van der Waals surface area contributed by atoms with Crippen LogP contribution in [0.25, 0.3) is 0 Å². The molecule has 5 nitrogen and oxygen atoms in total. The lowest BCUT2D eigenvalue weighted by Crippen LogP contribution is -2.00. The Balaban J connectivity index is 3.33. The van der Waals surface area contributed by atoms with Crippen LogP contribution in [0.15, 0.2) is 12.1 Å². The number of rotatable bonds is 2. The molecule has 0 saturated carbocycles. The van der Waals surface area contributed by atoms with Gasteiger partial charge in [-0.1, -0.05) is 0 Å². The highest BCUT2D eigenvalue weighted by molar-refractivity contribution is 5.39. The average Bonchev–Trinajstić information content (AvgIpc) is 2.16. The summed E-state index contributed by atoms with van der Waals surface area (Å²) in [5.41, 5.74) is -2.03. The number of alkyl halides is 2. The molecule has 1 heterocycles. The van der Waals surface area contributed by atoms with E-state index in [0.717, 1.165) is 12.1 Å². The van der Waals surface area contributed by atoms with Gasteiger partial charge in [0, 0.05) is 6.07 Å². The standard InChI is InChI=1S/C7H3F2N3O2/c8-7(9)6-5(12(13)14)2-1-4(3-10)11-6/h1-2,7H. The summed E-state index contributed by atoms with van der Waals surface area (Å²) in [6, 6.07) is 3.38. The molecule has 1 aromatic rings. The maximum absolute atomic E-state index is 12.2. The lowest BCUT2D eigenvalue weighted by molar-refractivity contribution is -0.386. The molecular weight excluding hydrogens is 196 g/mol. The highest BCUT2D eigenvalue weighted by Crippen LogP contribution is 2.26. The molecule has 0 atom stereocenters. The summed E-state index contributed by atoms with van der Waals surface area (Å²) in [5, 5.41) is 18.6. The van der Waals surface area contributed by atoms with E-state index in [1.54, 1.807) is 0 Å². The van der Waals surface area contributed by atoms with Crippen molar-refractivity contribution in [2.45, 2.75) is 6.43 Å². The predicted molar refractivity (Wildman–Crippen MR) is 40.6 cm³/mol. The number of aromatic nitrogens is 1. The Morgan fingerprint density at radius 1 is 1.57 bits per heavy atom. The minimum Gasteiger partial charge on any atom is -0.258 e. The van der Waals surface area contributed by atoms with E-state index in [0.29, 0.717) is 0 Å². The van der Waals surface area contributed by atoms with Crippen molar-refractivity contribution in [3.8, 4) is 6.07 Å². The molecular formula is C7H3F2N3O2. The zero-order valence-corrected chi connectivity index (χ0v) is 6.65. The third kappa shape index (κ3) is 1.80. The average molecular weight is 199 g/mol. The van der Waals surface area contributed by atoms with Gasteiger partial charge in [-0.15, -0.1) is 0 Å². The second-order valence-electron chi connectivity index (χ2n) is 2.27. The van der Waals surface area contributed by atoms with Gasteiger partial charge in [-0.2, -0.15) is 5.26 Å². The first kappa shape index (κ1) is 9.98. The van der Waals surface area contributed by atoms with Crippen molar-refractivity contribution >= 4 is 5.69 Å². The molecule has 0 radical (unpaired) electrons. The topological polar surface area (TPSA) is 79.8 Å². The molecule has 0 aliphatic heterocycles. The molecule has 7 heteroatoms. The molecule has 0 unspecified atom stereocenters. The number of hydrogen-bond acceptors (Lipinski definition) is 4. The summed E-state index contributed by atoms with van der Waals surface area (Å²) >= 11 is 0.